The van der Waals surface area contributed by atoms with Crippen LogP contribution in [0.25, 0.3) is 0 Å². The maximum absolute atomic E-state index is 12.8. The van der Waals surface area contributed by atoms with E-state index in [0.29, 0.717) is 36.9 Å². The van der Waals surface area contributed by atoms with Gasteiger partial charge < -0.3 is 10.1 Å². The van der Waals surface area contributed by atoms with Crippen molar-refractivity contribution in [2.24, 2.45) is 0 Å². The molecule has 1 N–H and O–H groups in total. The molecule has 1 aliphatic rings. The number of hydrogen-bond acceptors (Lipinski definition) is 5. The van der Waals surface area contributed by atoms with E-state index in [-0.39, 0.29) is 10.8 Å². The number of amides is 1. The molecule has 27 heavy (non-hydrogen) atoms. The second kappa shape index (κ2) is 8.52. The Bertz CT molecular complexity index is 916. The maximum atomic E-state index is 12.8. The summed E-state index contributed by atoms with van der Waals surface area (Å²) >= 11 is 1.46. The summed E-state index contributed by atoms with van der Waals surface area (Å²) < 4.78 is 32.2. The lowest BCUT2D eigenvalue weighted by Gasteiger charge is -2.26. The van der Waals surface area contributed by atoms with Gasteiger partial charge in [-0.25, -0.2) is 8.42 Å². The van der Waals surface area contributed by atoms with Crippen molar-refractivity contribution < 1.29 is 17.9 Å². The Labute approximate surface area is 164 Å². The molecule has 1 amide bonds. The number of aryl methyl sites for hydroxylation is 2. The van der Waals surface area contributed by atoms with Crippen molar-refractivity contribution in [3.63, 3.8) is 0 Å². The van der Waals surface area contributed by atoms with E-state index in [1.165, 1.54) is 27.3 Å². The number of anilines is 1. The molecule has 2 heterocycles. The van der Waals surface area contributed by atoms with E-state index in [0.717, 1.165) is 17.7 Å². The van der Waals surface area contributed by atoms with Gasteiger partial charge in [-0.1, -0.05) is 19.4 Å². The number of ether oxygens (including phenoxy) is 1. The molecule has 0 unspecified atom stereocenters. The smallest absolute Gasteiger partial charge is 0.265 e. The van der Waals surface area contributed by atoms with Gasteiger partial charge in [0, 0.05) is 23.7 Å². The highest BCUT2D eigenvalue weighted by molar-refractivity contribution is 7.89. The highest BCUT2D eigenvalue weighted by Crippen LogP contribution is 2.25. The lowest BCUT2D eigenvalue weighted by atomic mass is 10.1. The number of rotatable bonds is 6. The minimum atomic E-state index is -3.59. The summed E-state index contributed by atoms with van der Waals surface area (Å²) in [5.74, 6) is -0.216. The summed E-state index contributed by atoms with van der Waals surface area (Å²) in [5.41, 5.74) is 1.66. The molecule has 1 aliphatic heterocycles. The average Bonchev–Trinajstić information content (AvgIpc) is 3.04. The summed E-state index contributed by atoms with van der Waals surface area (Å²) in [7, 11) is -3.59. The van der Waals surface area contributed by atoms with Gasteiger partial charge in [0.2, 0.25) is 10.0 Å². The number of hydrogen-bond donors (Lipinski definition) is 1. The third kappa shape index (κ3) is 4.57. The monoisotopic (exact) mass is 408 g/mol. The second-order valence-corrected chi connectivity index (χ2v) is 9.63. The van der Waals surface area contributed by atoms with Crippen molar-refractivity contribution in [2.45, 2.75) is 31.6 Å². The molecule has 1 fully saturated rings. The molecule has 1 aromatic heterocycles. The Morgan fingerprint density at radius 1 is 1.26 bits per heavy atom. The zero-order valence-electron chi connectivity index (χ0n) is 15.5. The van der Waals surface area contributed by atoms with Gasteiger partial charge in [-0.05, 0) is 43.2 Å². The molecule has 0 aliphatic carbocycles. The summed E-state index contributed by atoms with van der Waals surface area (Å²) in [4.78, 5) is 14.5. The average molecular weight is 409 g/mol. The number of nitrogens with zero attached hydrogens (tertiary/aromatic N) is 1. The van der Waals surface area contributed by atoms with Gasteiger partial charge in [0.1, 0.15) is 0 Å². The molecule has 0 bridgehead atoms. The Morgan fingerprint density at radius 3 is 2.70 bits per heavy atom. The normalized spacial score (nSPS) is 15.6. The van der Waals surface area contributed by atoms with E-state index in [9.17, 15) is 13.2 Å². The molecule has 2 aromatic rings. The predicted molar refractivity (Wildman–Crippen MR) is 107 cm³/mol. The first-order valence-corrected chi connectivity index (χ1v) is 11.3. The van der Waals surface area contributed by atoms with Crippen LogP contribution < -0.4 is 5.32 Å². The van der Waals surface area contributed by atoms with Gasteiger partial charge >= 0.3 is 0 Å². The topological polar surface area (TPSA) is 75.7 Å². The molecule has 146 valence electrons. The number of benzene rings is 1. The SMILES string of the molecule is CCCc1cc(C(=O)Nc2cccc(S(=O)(=O)N3CCOCC3)c2)sc1C. The van der Waals surface area contributed by atoms with Crippen LogP contribution in [-0.4, -0.2) is 44.9 Å². The number of sulfonamides is 1. The number of nitrogens with one attached hydrogen (secondary N) is 1. The Hall–Kier alpha value is -1.74. The first-order valence-electron chi connectivity index (χ1n) is 9.00. The van der Waals surface area contributed by atoms with Crippen molar-refractivity contribution in [2.75, 3.05) is 31.6 Å². The van der Waals surface area contributed by atoms with Crippen LogP contribution in [0.2, 0.25) is 0 Å². The van der Waals surface area contributed by atoms with Gasteiger partial charge in [0.25, 0.3) is 5.91 Å². The van der Waals surface area contributed by atoms with Gasteiger partial charge in [0.15, 0.2) is 0 Å². The van der Waals surface area contributed by atoms with Crippen LogP contribution >= 0.6 is 11.3 Å². The largest absolute Gasteiger partial charge is 0.379 e. The van der Waals surface area contributed by atoms with Crippen molar-refractivity contribution in [1.29, 1.82) is 0 Å². The van der Waals surface area contributed by atoms with Crippen LogP contribution in [-0.2, 0) is 21.2 Å². The van der Waals surface area contributed by atoms with Crippen LogP contribution in [0.4, 0.5) is 5.69 Å². The summed E-state index contributed by atoms with van der Waals surface area (Å²) in [6.45, 7) is 5.60. The van der Waals surface area contributed by atoms with Crippen molar-refractivity contribution >= 4 is 33.0 Å². The van der Waals surface area contributed by atoms with Crippen LogP contribution in [0, 0.1) is 6.92 Å². The third-order valence-electron chi connectivity index (χ3n) is 4.46. The van der Waals surface area contributed by atoms with Crippen LogP contribution in [0.5, 0.6) is 0 Å². The number of carbonyl (C=O) groups excluding carboxylic acids is 1. The van der Waals surface area contributed by atoms with Crippen LogP contribution in [0.15, 0.2) is 35.2 Å². The lowest BCUT2D eigenvalue weighted by molar-refractivity contribution is 0.0730. The summed E-state index contributed by atoms with van der Waals surface area (Å²) in [6, 6.07) is 8.33. The molecule has 3 rings (SSSR count). The summed E-state index contributed by atoms with van der Waals surface area (Å²) in [6.07, 6.45) is 1.98. The van der Waals surface area contributed by atoms with Crippen molar-refractivity contribution in [1.82, 2.24) is 4.31 Å². The quantitative estimate of drug-likeness (QED) is 0.796. The van der Waals surface area contributed by atoms with E-state index < -0.39 is 10.0 Å². The number of thiophene rings is 1. The van der Waals surface area contributed by atoms with E-state index in [1.54, 1.807) is 18.2 Å². The zero-order chi connectivity index (χ0) is 19.4. The fraction of sp³-hybridized carbons (Fsp3) is 0.421. The molecule has 8 heteroatoms. The van der Waals surface area contributed by atoms with Gasteiger partial charge in [0.05, 0.1) is 23.0 Å². The van der Waals surface area contributed by atoms with E-state index in [4.69, 9.17) is 4.74 Å². The van der Waals surface area contributed by atoms with Crippen molar-refractivity contribution in [3.8, 4) is 0 Å². The molecular formula is C19H24N2O4S2. The Kier molecular flexibility index (Phi) is 6.31. The molecule has 1 aromatic carbocycles. The van der Waals surface area contributed by atoms with Crippen LogP contribution in [0.1, 0.15) is 33.5 Å². The maximum Gasteiger partial charge on any atom is 0.265 e. The molecule has 1 saturated heterocycles. The highest BCUT2D eigenvalue weighted by atomic mass is 32.2. The molecule has 0 saturated carbocycles. The second-order valence-electron chi connectivity index (χ2n) is 6.44. The zero-order valence-corrected chi connectivity index (χ0v) is 17.2. The third-order valence-corrected chi connectivity index (χ3v) is 7.45. The number of carbonyl (C=O) groups is 1. The fourth-order valence-corrected chi connectivity index (χ4v) is 5.43. The Balaban J connectivity index is 1.77. The number of morpholine rings is 1. The fourth-order valence-electron chi connectivity index (χ4n) is 3.01. The molecule has 0 radical (unpaired) electrons. The first kappa shape index (κ1) is 20.0. The first-order chi connectivity index (χ1) is 12.9. The molecule has 6 nitrogen and oxygen atoms in total. The minimum Gasteiger partial charge on any atom is -0.379 e. The van der Waals surface area contributed by atoms with E-state index in [2.05, 4.69) is 12.2 Å². The van der Waals surface area contributed by atoms with Gasteiger partial charge in [-0.15, -0.1) is 11.3 Å². The van der Waals surface area contributed by atoms with Gasteiger partial charge in [-0.2, -0.15) is 4.31 Å². The van der Waals surface area contributed by atoms with Gasteiger partial charge in [-0.3, -0.25) is 4.79 Å². The van der Waals surface area contributed by atoms with Crippen LogP contribution in [0.3, 0.4) is 0 Å². The van der Waals surface area contributed by atoms with Crippen molar-refractivity contribution in [3.05, 3.63) is 45.6 Å². The Morgan fingerprint density at radius 2 is 2.00 bits per heavy atom. The van der Waals surface area contributed by atoms with E-state index >= 15 is 0 Å². The lowest BCUT2D eigenvalue weighted by Crippen LogP contribution is -2.40. The minimum absolute atomic E-state index is 0.177. The van der Waals surface area contributed by atoms with E-state index in [1.807, 2.05) is 13.0 Å². The molecule has 0 atom stereocenters. The predicted octanol–water partition coefficient (Wildman–Crippen LogP) is 3.28. The molecular weight excluding hydrogens is 384 g/mol. The molecule has 0 spiro atoms. The highest BCUT2D eigenvalue weighted by Gasteiger charge is 2.26. The summed E-state index contributed by atoms with van der Waals surface area (Å²) in [5, 5.41) is 2.82. The standard InChI is InChI=1S/C19H24N2O4S2/c1-3-5-15-12-18(26-14(15)2)19(22)20-16-6-4-7-17(13-16)27(23,24)21-8-10-25-11-9-21/h4,6-7,12-13H,3,5,8-11H2,1-2H3,(H,20,22).